The number of hydrogen-bond acceptors (Lipinski definition) is 3. The molecule has 0 saturated carbocycles. The third kappa shape index (κ3) is 3.25. The van der Waals surface area contributed by atoms with Crippen molar-refractivity contribution in [2.24, 2.45) is 5.92 Å². The lowest BCUT2D eigenvalue weighted by Gasteiger charge is -2.35. The van der Waals surface area contributed by atoms with Crippen molar-refractivity contribution in [3.8, 4) is 0 Å². The summed E-state index contributed by atoms with van der Waals surface area (Å²) in [5.74, 6) is 0.312. The van der Waals surface area contributed by atoms with Crippen LogP contribution in [-0.2, 0) is 4.74 Å². The number of aliphatic hydroxyl groups excluding tert-OH is 1. The van der Waals surface area contributed by atoms with E-state index < -0.39 is 6.10 Å². The predicted octanol–water partition coefficient (Wildman–Crippen LogP) is 2.74. The van der Waals surface area contributed by atoms with Crippen molar-refractivity contribution >= 4 is 5.69 Å². The molecule has 4 heteroatoms. The lowest BCUT2D eigenvalue weighted by atomic mass is 9.96. The maximum Gasteiger partial charge on any atom is 0.146 e. The predicted molar refractivity (Wildman–Crippen MR) is 73.8 cm³/mol. The number of rotatable bonds is 4. The Hall–Kier alpha value is -1.13. The summed E-state index contributed by atoms with van der Waals surface area (Å²) in [5, 5.41) is 9.78. The van der Waals surface area contributed by atoms with Crippen LogP contribution in [0.3, 0.4) is 0 Å². The highest BCUT2D eigenvalue weighted by atomic mass is 19.1. The second-order valence-corrected chi connectivity index (χ2v) is 5.24. The molecule has 1 aromatic rings. The smallest absolute Gasteiger partial charge is 0.146 e. The number of hydrogen-bond donors (Lipinski definition) is 1. The van der Waals surface area contributed by atoms with Gasteiger partial charge < -0.3 is 14.7 Å². The van der Waals surface area contributed by atoms with Gasteiger partial charge in [0.2, 0.25) is 0 Å². The van der Waals surface area contributed by atoms with E-state index in [9.17, 15) is 9.50 Å². The quantitative estimate of drug-likeness (QED) is 0.910. The maximum absolute atomic E-state index is 14.1. The number of anilines is 1. The molecule has 0 unspecified atom stereocenters. The Morgan fingerprint density at radius 2 is 2.11 bits per heavy atom. The highest BCUT2D eigenvalue weighted by Gasteiger charge is 2.24. The van der Waals surface area contributed by atoms with Gasteiger partial charge >= 0.3 is 0 Å². The van der Waals surface area contributed by atoms with Crippen molar-refractivity contribution in [3.63, 3.8) is 0 Å². The molecule has 1 aliphatic heterocycles. The average molecular weight is 267 g/mol. The minimum Gasteiger partial charge on any atom is -0.389 e. The second-order valence-electron chi connectivity index (χ2n) is 5.24. The first kappa shape index (κ1) is 14.3. The van der Waals surface area contributed by atoms with E-state index in [-0.39, 0.29) is 5.82 Å². The number of nitrogens with zero attached hydrogens (tertiary/aromatic N) is 1. The zero-order chi connectivity index (χ0) is 13.8. The molecule has 0 aliphatic carbocycles. The van der Waals surface area contributed by atoms with Gasteiger partial charge in [0.25, 0.3) is 0 Å². The van der Waals surface area contributed by atoms with E-state index in [1.54, 1.807) is 26.2 Å². The first-order chi connectivity index (χ1) is 9.13. The van der Waals surface area contributed by atoms with Gasteiger partial charge in [-0.3, -0.25) is 0 Å². The normalized spacial score (nSPS) is 18.6. The Morgan fingerprint density at radius 3 is 2.68 bits per heavy atom. The van der Waals surface area contributed by atoms with E-state index in [0.717, 1.165) is 32.5 Å². The van der Waals surface area contributed by atoms with Crippen LogP contribution in [0.5, 0.6) is 0 Å². The van der Waals surface area contributed by atoms with Crippen LogP contribution in [0.4, 0.5) is 10.1 Å². The first-order valence-electron chi connectivity index (χ1n) is 6.83. The molecule has 1 fully saturated rings. The maximum atomic E-state index is 14.1. The van der Waals surface area contributed by atoms with E-state index in [1.807, 2.05) is 4.90 Å². The van der Waals surface area contributed by atoms with Gasteiger partial charge in [-0.05, 0) is 31.7 Å². The largest absolute Gasteiger partial charge is 0.389 e. The van der Waals surface area contributed by atoms with Crippen LogP contribution < -0.4 is 4.90 Å². The Labute approximate surface area is 114 Å². The van der Waals surface area contributed by atoms with Crippen LogP contribution in [-0.4, -0.2) is 31.9 Å². The monoisotopic (exact) mass is 267 g/mol. The van der Waals surface area contributed by atoms with Crippen molar-refractivity contribution in [2.75, 3.05) is 31.7 Å². The first-order valence-corrected chi connectivity index (χ1v) is 6.83. The molecular weight excluding hydrogens is 245 g/mol. The molecule has 3 nitrogen and oxygen atoms in total. The summed E-state index contributed by atoms with van der Waals surface area (Å²) in [4.78, 5) is 2.05. The summed E-state index contributed by atoms with van der Waals surface area (Å²) in [6.07, 6.45) is 1.35. The molecule has 2 rings (SSSR count). The van der Waals surface area contributed by atoms with Gasteiger partial charge in [-0.2, -0.15) is 0 Å². The summed E-state index contributed by atoms with van der Waals surface area (Å²) >= 11 is 0. The molecule has 0 spiro atoms. The molecule has 1 aromatic carbocycles. The molecule has 1 atom stereocenters. The molecule has 106 valence electrons. The van der Waals surface area contributed by atoms with Crippen molar-refractivity contribution in [3.05, 3.63) is 29.6 Å². The van der Waals surface area contributed by atoms with Crippen LogP contribution in [0.1, 0.15) is 31.4 Å². The molecule has 19 heavy (non-hydrogen) atoms. The number of aliphatic hydroxyl groups is 1. The van der Waals surface area contributed by atoms with Gasteiger partial charge in [0.15, 0.2) is 0 Å². The van der Waals surface area contributed by atoms with Gasteiger partial charge in [0.05, 0.1) is 11.8 Å². The van der Waals surface area contributed by atoms with Crippen molar-refractivity contribution < 1.29 is 14.2 Å². The standard InChI is InChI=1S/C15H22FNO2/c1-11(18)13-4-3-5-14(16)15(13)17-8-6-12(7-9-17)10-19-2/h3-5,11-12,18H,6-10H2,1-2H3/t11-/m1/s1. The van der Waals surface area contributed by atoms with E-state index in [1.165, 1.54) is 6.07 Å². The number of piperidine rings is 1. The minimum absolute atomic E-state index is 0.247. The summed E-state index contributed by atoms with van der Waals surface area (Å²) in [6, 6.07) is 4.91. The van der Waals surface area contributed by atoms with Crippen LogP contribution in [0.2, 0.25) is 0 Å². The van der Waals surface area contributed by atoms with Gasteiger partial charge in [0.1, 0.15) is 5.82 Å². The van der Waals surface area contributed by atoms with E-state index in [4.69, 9.17) is 4.74 Å². The summed E-state index contributed by atoms with van der Waals surface area (Å²) < 4.78 is 19.2. The fourth-order valence-corrected chi connectivity index (χ4v) is 2.76. The number of para-hydroxylation sites is 1. The fraction of sp³-hybridized carbons (Fsp3) is 0.600. The minimum atomic E-state index is -0.651. The van der Waals surface area contributed by atoms with Crippen LogP contribution >= 0.6 is 0 Å². The highest BCUT2D eigenvalue weighted by molar-refractivity contribution is 5.56. The van der Waals surface area contributed by atoms with Crippen molar-refractivity contribution in [2.45, 2.75) is 25.9 Å². The van der Waals surface area contributed by atoms with Gasteiger partial charge in [-0.15, -0.1) is 0 Å². The fourth-order valence-electron chi connectivity index (χ4n) is 2.76. The Balaban J connectivity index is 2.15. The summed E-state index contributed by atoms with van der Waals surface area (Å²) in [6.45, 7) is 4.08. The van der Waals surface area contributed by atoms with E-state index in [2.05, 4.69) is 0 Å². The Bertz CT molecular complexity index is 415. The molecule has 0 radical (unpaired) electrons. The Morgan fingerprint density at radius 1 is 1.42 bits per heavy atom. The summed E-state index contributed by atoms with van der Waals surface area (Å²) in [5.41, 5.74) is 1.23. The Kier molecular flexibility index (Phi) is 4.77. The molecule has 0 aromatic heterocycles. The number of ether oxygens (including phenoxy) is 1. The zero-order valence-corrected chi connectivity index (χ0v) is 11.6. The van der Waals surface area contributed by atoms with Crippen molar-refractivity contribution in [1.82, 2.24) is 0 Å². The molecule has 1 N–H and O–H groups in total. The molecule has 1 heterocycles. The van der Waals surface area contributed by atoms with Crippen LogP contribution in [0.15, 0.2) is 18.2 Å². The number of halogens is 1. The second kappa shape index (κ2) is 6.35. The zero-order valence-electron chi connectivity index (χ0n) is 11.6. The SMILES string of the molecule is COCC1CCN(c2c(F)cccc2[C@@H](C)O)CC1. The molecule has 1 saturated heterocycles. The molecule has 1 aliphatic rings. The molecule has 0 bridgehead atoms. The number of benzene rings is 1. The third-order valence-electron chi connectivity index (χ3n) is 3.80. The number of methoxy groups -OCH3 is 1. The topological polar surface area (TPSA) is 32.7 Å². The third-order valence-corrected chi connectivity index (χ3v) is 3.80. The highest BCUT2D eigenvalue weighted by Crippen LogP contribution is 2.32. The van der Waals surface area contributed by atoms with E-state index in [0.29, 0.717) is 17.2 Å². The van der Waals surface area contributed by atoms with Gasteiger partial charge in [-0.25, -0.2) is 4.39 Å². The lowest BCUT2D eigenvalue weighted by molar-refractivity contribution is 0.138. The lowest BCUT2D eigenvalue weighted by Crippen LogP contribution is -2.36. The summed E-state index contributed by atoms with van der Waals surface area (Å²) in [7, 11) is 1.72. The van der Waals surface area contributed by atoms with Gasteiger partial charge in [0, 0.05) is 32.4 Å². The average Bonchev–Trinajstić information content (AvgIpc) is 2.40. The molecular formula is C15H22FNO2. The van der Waals surface area contributed by atoms with Crippen molar-refractivity contribution in [1.29, 1.82) is 0 Å². The van der Waals surface area contributed by atoms with Crippen LogP contribution in [0, 0.1) is 11.7 Å². The van der Waals surface area contributed by atoms with Gasteiger partial charge in [-0.1, -0.05) is 12.1 Å². The molecule has 0 amide bonds. The van der Waals surface area contributed by atoms with E-state index >= 15 is 0 Å². The van der Waals surface area contributed by atoms with Crippen LogP contribution in [0.25, 0.3) is 0 Å².